The maximum Gasteiger partial charge on any atom is 0.142 e. The molecule has 0 saturated heterocycles. The van der Waals surface area contributed by atoms with Gasteiger partial charge in [0.15, 0.2) is 0 Å². The lowest BCUT2D eigenvalue weighted by Gasteiger charge is -2.10. The van der Waals surface area contributed by atoms with Crippen molar-refractivity contribution in [3.05, 3.63) is 45.0 Å². The number of hydrogen-bond acceptors (Lipinski definition) is 4. The third kappa shape index (κ3) is 2.18. The van der Waals surface area contributed by atoms with Crippen molar-refractivity contribution in [3.8, 4) is 0 Å². The molecule has 1 aliphatic carbocycles. The Hall–Kier alpha value is -1.36. The molecule has 1 aromatic carbocycles. The maximum absolute atomic E-state index is 6.23. The molecule has 0 aliphatic heterocycles. The Labute approximate surface area is 135 Å². The smallest absolute Gasteiger partial charge is 0.142 e. The predicted molar refractivity (Wildman–Crippen MR) is 89.2 cm³/mol. The largest absolute Gasteiger partial charge is 0.337 e. The lowest BCUT2D eigenvalue weighted by atomic mass is 10.2. The second kappa shape index (κ2) is 5.13. The number of hydrogen-bond donors (Lipinski definition) is 1. The molecule has 0 radical (unpaired) electrons. The Balaban J connectivity index is 1.88. The van der Waals surface area contributed by atoms with Crippen molar-refractivity contribution >= 4 is 56.3 Å². The van der Waals surface area contributed by atoms with Gasteiger partial charge in [0.05, 0.1) is 21.1 Å². The van der Waals surface area contributed by atoms with E-state index < -0.39 is 0 Å². The van der Waals surface area contributed by atoms with Gasteiger partial charge in [-0.2, -0.15) is 0 Å². The number of aromatic nitrogens is 2. The molecular formula is C15H11Cl2N3S. The second-order valence-electron chi connectivity index (χ2n) is 4.98. The average Bonchev–Trinajstić information content (AvgIpc) is 3.03. The van der Waals surface area contributed by atoms with Gasteiger partial charge in [0.2, 0.25) is 0 Å². The van der Waals surface area contributed by atoms with Gasteiger partial charge in [-0.15, -0.1) is 11.3 Å². The fourth-order valence-electron chi connectivity index (χ4n) is 2.76. The number of nitrogens with one attached hydrogen (secondary N) is 1. The van der Waals surface area contributed by atoms with Crippen LogP contribution in [-0.2, 0) is 12.8 Å². The molecule has 0 atom stereocenters. The summed E-state index contributed by atoms with van der Waals surface area (Å²) in [4.78, 5) is 11.3. The third-order valence-electron chi connectivity index (χ3n) is 3.71. The van der Waals surface area contributed by atoms with Crippen LogP contribution in [0.3, 0.4) is 0 Å². The van der Waals surface area contributed by atoms with E-state index in [9.17, 15) is 0 Å². The zero-order valence-corrected chi connectivity index (χ0v) is 13.3. The molecule has 1 N–H and O–H groups in total. The van der Waals surface area contributed by atoms with Gasteiger partial charge in [-0.1, -0.05) is 29.3 Å². The molecule has 2 heterocycles. The SMILES string of the molecule is Clc1cccc(Cl)c1Nc1ncnc2sc3c(c12)CCC3. The Morgan fingerprint density at radius 3 is 2.71 bits per heavy atom. The van der Waals surface area contributed by atoms with Gasteiger partial charge in [-0.3, -0.25) is 0 Å². The van der Waals surface area contributed by atoms with Crippen LogP contribution in [0.25, 0.3) is 10.2 Å². The van der Waals surface area contributed by atoms with Gasteiger partial charge in [0, 0.05) is 4.88 Å². The van der Waals surface area contributed by atoms with Crippen LogP contribution < -0.4 is 5.32 Å². The van der Waals surface area contributed by atoms with Gasteiger partial charge in [-0.25, -0.2) is 9.97 Å². The fraction of sp³-hybridized carbons (Fsp3) is 0.200. The van der Waals surface area contributed by atoms with Crippen LogP contribution in [0.5, 0.6) is 0 Å². The van der Waals surface area contributed by atoms with E-state index in [-0.39, 0.29) is 0 Å². The first-order chi connectivity index (χ1) is 10.2. The van der Waals surface area contributed by atoms with E-state index in [0.29, 0.717) is 15.7 Å². The molecule has 0 saturated carbocycles. The number of benzene rings is 1. The number of nitrogens with zero attached hydrogens (tertiary/aromatic N) is 2. The highest BCUT2D eigenvalue weighted by atomic mass is 35.5. The van der Waals surface area contributed by atoms with Crippen LogP contribution in [0, 0.1) is 0 Å². The molecule has 3 aromatic rings. The van der Waals surface area contributed by atoms with Crippen molar-refractivity contribution in [2.45, 2.75) is 19.3 Å². The van der Waals surface area contributed by atoms with Crippen LogP contribution in [-0.4, -0.2) is 9.97 Å². The number of fused-ring (bicyclic) bond motifs is 3. The Bertz CT molecular complexity index is 824. The molecule has 3 nitrogen and oxygen atoms in total. The van der Waals surface area contributed by atoms with Gasteiger partial charge in [0.25, 0.3) is 0 Å². The van der Waals surface area contributed by atoms with E-state index in [1.165, 1.54) is 16.9 Å². The topological polar surface area (TPSA) is 37.8 Å². The van der Waals surface area contributed by atoms with Crippen molar-refractivity contribution in [1.82, 2.24) is 9.97 Å². The van der Waals surface area contributed by atoms with Crippen molar-refractivity contribution in [1.29, 1.82) is 0 Å². The molecule has 0 spiro atoms. The van der Waals surface area contributed by atoms with Gasteiger partial charge >= 0.3 is 0 Å². The van der Waals surface area contributed by atoms with Crippen LogP contribution in [0.2, 0.25) is 10.0 Å². The Morgan fingerprint density at radius 1 is 1.10 bits per heavy atom. The van der Waals surface area contributed by atoms with Crippen LogP contribution in [0.15, 0.2) is 24.5 Å². The van der Waals surface area contributed by atoms with Crippen molar-refractivity contribution < 1.29 is 0 Å². The minimum Gasteiger partial charge on any atom is -0.337 e. The summed E-state index contributed by atoms with van der Waals surface area (Å²) in [5, 5.41) is 5.58. The molecule has 0 fully saturated rings. The zero-order chi connectivity index (χ0) is 14.4. The Kier molecular flexibility index (Phi) is 3.25. The summed E-state index contributed by atoms with van der Waals surface area (Å²) in [6.07, 6.45) is 5.02. The summed E-state index contributed by atoms with van der Waals surface area (Å²) in [7, 11) is 0. The first-order valence-corrected chi connectivity index (χ1v) is 8.27. The summed E-state index contributed by atoms with van der Waals surface area (Å²) in [5.74, 6) is 0.786. The standard InChI is InChI=1S/C15H11Cl2N3S/c16-9-4-2-5-10(17)13(9)20-14-12-8-3-1-6-11(8)21-15(12)19-7-18-14/h2,4-5,7H,1,3,6H2,(H,18,19,20). The van der Waals surface area contributed by atoms with Crippen molar-refractivity contribution in [3.63, 3.8) is 0 Å². The summed E-state index contributed by atoms with van der Waals surface area (Å²) >= 11 is 14.2. The molecule has 2 aromatic heterocycles. The zero-order valence-electron chi connectivity index (χ0n) is 11.0. The molecule has 0 bridgehead atoms. The summed E-state index contributed by atoms with van der Waals surface area (Å²) < 4.78 is 0. The summed E-state index contributed by atoms with van der Waals surface area (Å²) in [6, 6.07) is 5.45. The monoisotopic (exact) mass is 335 g/mol. The molecule has 21 heavy (non-hydrogen) atoms. The molecule has 0 unspecified atom stereocenters. The van der Waals surface area contributed by atoms with E-state index in [1.807, 2.05) is 18.2 Å². The molecule has 1 aliphatic rings. The second-order valence-corrected chi connectivity index (χ2v) is 6.88. The van der Waals surface area contributed by atoms with Gasteiger partial charge in [0.1, 0.15) is 17.0 Å². The number of anilines is 2. The van der Waals surface area contributed by atoms with Gasteiger partial charge < -0.3 is 5.32 Å². The van der Waals surface area contributed by atoms with E-state index in [4.69, 9.17) is 23.2 Å². The molecule has 4 rings (SSSR count). The van der Waals surface area contributed by atoms with Crippen molar-refractivity contribution in [2.24, 2.45) is 0 Å². The molecule has 6 heteroatoms. The number of halogens is 2. The first kappa shape index (κ1) is 13.3. The van der Waals surface area contributed by atoms with Crippen LogP contribution >= 0.6 is 34.5 Å². The van der Waals surface area contributed by atoms with E-state index in [1.54, 1.807) is 17.7 Å². The minimum atomic E-state index is 0.584. The molecular weight excluding hydrogens is 325 g/mol. The molecule has 106 valence electrons. The van der Waals surface area contributed by atoms with Gasteiger partial charge in [-0.05, 0) is 37.0 Å². The highest BCUT2D eigenvalue weighted by Crippen LogP contribution is 2.41. The number of para-hydroxylation sites is 1. The first-order valence-electron chi connectivity index (χ1n) is 6.70. The summed E-state index contributed by atoms with van der Waals surface area (Å²) in [6.45, 7) is 0. The third-order valence-corrected chi connectivity index (χ3v) is 5.54. The predicted octanol–water partition coefficient (Wildman–Crippen LogP) is 5.23. The minimum absolute atomic E-state index is 0.584. The van der Waals surface area contributed by atoms with E-state index in [2.05, 4.69) is 15.3 Å². The van der Waals surface area contributed by atoms with Crippen molar-refractivity contribution in [2.75, 3.05) is 5.32 Å². The number of rotatable bonds is 2. The quantitative estimate of drug-likeness (QED) is 0.696. The maximum atomic E-state index is 6.23. The fourth-order valence-corrected chi connectivity index (χ4v) is 4.48. The highest BCUT2D eigenvalue weighted by Gasteiger charge is 2.21. The molecule has 0 amide bonds. The number of thiophene rings is 1. The summed E-state index contributed by atoms with van der Waals surface area (Å²) in [5.41, 5.74) is 2.07. The highest BCUT2D eigenvalue weighted by molar-refractivity contribution is 7.19. The Morgan fingerprint density at radius 2 is 1.90 bits per heavy atom. The normalized spacial score (nSPS) is 13.6. The lowest BCUT2D eigenvalue weighted by molar-refractivity contribution is 0.917. The lowest BCUT2D eigenvalue weighted by Crippen LogP contribution is -1.97. The van der Waals surface area contributed by atoms with Crippen LogP contribution in [0.1, 0.15) is 16.9 Å². The van der Waals surface area contributed by atoms with E-state index >= 15 is 0 Å². The van der Waals surface area contributed by atoms with E-state index in [0.717, 1.165) is 28.9 Å². The van der Waals surface area contributed by atoms with Crippen LogP contribution in [0.4, 0.5) is 11.5 Å². The average molecular weight is 336 g/mol. The number of aryl methyl sites for hydroxylation is 2.